The maximum Gasteiger partial charge on any atom is 0.0622 e. The van der Waals surface area contributed by atoms with Crippen molar-refractivity contribution in [3.05, 3.63) is 0 Å². The van der Waals surface area contributed by atoms with Crippen LogP contribution in [0.5, 0.6) is 0 Å². The average molecular weight is 254 g/mol. The van der Waals surface area contributed by atoms with Crippen molar-refractivity contribution in [2.45, 2.75) is 57.5 Å². The Labute approximate surface area is 112 Å². The van der Waals surface area contributed by atoms with Crippen molar-refractivity contribution in [1.29, 1.82) is 0 Å². The third-order valence-electron chi connectivity index (χ3n) is 4.68. The zero-order chi connectivity index (χ0) is 12.8. The van der Waals surface area contributed by atoms with Gasteiger partial charge in [-0.1, -0.05) is 26.2 Å². The molecule has 3 nitrogen and oxygen atoms in total. The quantitative estimate of drug-likeness (QED) is 0.762. The third-order valence-corrected chi connectivity index (χ3v) is 4.68. The maximum absolute atomic E-state index is 5.51. The van der Waals surface area contributed by atoms with Gasteiger partial charge in [-0.2, -0.15) is 0 Å². The summed E-state index contributed by atoms with van der Waals surface area (Å²) >= 11 is 0. The Morgan fingerprint density at radius 2 is 2.00 bits per heavy atom. The van der Waals surface area contributed by atoms with E-state index < -0.39 is 0 Å². The van der Waals surface area contributed by atoms with Gasteiger partial charge in [0, 0.05) is 25.2 Å². The standard InChI is InChI=1S/C15H30N2O/c1-3-16-15-8-6-4-5-7-13(15)11-17(2)14-9-10-18-12-14/h13-16H,3-12H2,1-2H3. The Hall–Kier alpha value is -0.120. The van der Waals surface area contributed by atoms with E-state index in [0.717, 1.165) is 31.7 Å². The first kappa shape index (κ1) is 14.3. The van der Waals surface area contributed by atoms with Crippen molar-refractivity contribution < 1.29 is 4.74 Å². The molecule has 0 spiro atoms. The molecule has 2 fully saturated rings. The lowest BCUT2D eigenvalue weighted by atomic mass is 9.93. The minimum absolute atomic E-state index is 0.663. The van der Waals surface area contributed by atoms with E-state index in [1.54, 1.807) is 0 Å². The lowest BCUT2D eigenvalue weighted by molar-refractivity contribution is 0.139. The molecule has 3 atom stereocenters. The predicted molar refractivity (Wildman–Crippen MR) is 75.9 cm³/mol. The molecule has 1 aliphatic heterocycles. The van der Waals surface area contributed by atoms with Gasteiger partial charge in [0.05, 0.1) is 6.61 Å². The summed E-state index contributed by atoms with van der Waals surface area (Å²) in [5.74, 6) is 0.832. The van der Waals surface area contributed by atoms with E-state index in [1.807, 2.05) is 0 Å². The highest BCUT2D eigenvalue weighted by molar-refractivity contribution is 4.83. The van der Waals surface area contributed by atoms with Gasteiger partial charge in [-0.05, 0) is 38.8 Å². The predicted octanol–water partition coefficient (Wildman–Crippen LogP) is 2.27. The molecule has 1 heterocycles. The van der Waals surface area contributed by atoms with E-state index in [9.17, 15) is 0 Å². The van der Waals surface area contributed by atoms with Crippen LogP contribution in [0.15, 0.2) is 0 Å². The van der Waals surface area contributed by atoms with Crippen LogP contribution in [0.2, 0.25) is 0 Å². The molecule has 0 amide bonds. The van der Waals surface area contributed by atoms with Crippen LogP contribution in [0, 0.1) is 5.92 Å². The Balaban J connectivity index is 1.86. The molecule has 0 radical (unpaired) electrons. The minimum Gasteiger partial charge on any atom is -0.380 e. The van der Waals surface area contributed by atoms with Crippen LogP contribution in [0.4, 0.5) is 0 Å². The molecule has 2 aliphatic rings. The molecule has 1 N–H and O–H groups in total. The zero-order valence-corrected chi connectivity index (χ0v) is 12.2. The maximum atomic E-state index is 5.51. The first-order chi connectivity index (χ1) is 8.81. The van der Waals surface area contributed by atoms with Gasteiger partial charge in [0.25, 0.3) is 0 Å². The fraction of sp³-hybridized carbons (Fsp3) is 1.00. The van der Waals surface area contributed by atoms with Crippen molar-refractivity contribution in [3.63, 3.8) is 0 Å². The van der Waals surface area contributed by atoms with Gasteiger partial charge < -0.3 is 15.0 Å². The van der Waals surface area contributed by atoms with Crippen LogP contribution < -0.4 is 5.32 Å². The van der Waals surface area contributed by atoms with Crippen LogP contribution in [-0.4, -0.2) is 50.3 Å². The topological polar surface area (TPSA) is 24.5 Å². The molecule has 1 saturated carbocycles. The Morgan fingerprint density at radius 1 is 1.17 bits per heavy atom. The van der Waals surface area contributed by atoms with Crippen LogP contribution in [0.1, 0.15) is 45.4 Å². The smallest absolute Gasteiger partial charge is 0.0622 e. The number of nitrogens with one attached hydrogen (secondary N) is 1. The molecule has 0 bridgehead atoms. The fourth-order valence-electron chi connectivity index (χ4n) is 3.52. The monoisotopic (exact) mass is 254 g/mol. The molecule has 106 valence electrons. The fourth-order valence-corrected chi connectivity index (χ4v) is 3.52. The summed E-state index contributed by atoms with van der Waals surface area (Å²) in [6.45, 7) is 6.48. The summed E-state index contributed by atoms with van der Waals surface area (Å²) < 4.78 is 5.51. The molecule has 0 aromatic carbocycles. The highest BCUT2D eigenvalue weighted by atomic mass is 16.5. The molecular formula is C15H30N2O. The number of nitrogens with zero attached hydrogens (tertiary/aromatic N) is 1. The largest absolute Gasteiger partial charge is 0.380 e. The number of hydrogen-bond donors (Lipinski definition) is 1. The van der Waals surface area contributed by atoms with Crippen molar-refractivity contribution in [2.75, 3.05) is 33.4 Å². The van der Waals surface area contributed by atoms with E-state index in [1.165, 1.54) is 45.1 Å². The summed E-state index contributed by atoms with van der Waals surface area (Å²) in [4.78, 5) is 2.55. The number of hydrogen-bond acceptors (Lipinski definition) is 3. The van der Waals surface area contributed by atoms with Gasteiger partial charge in [-0.25, -0.2) is 0 Å². The normalized spacial score (nSPS) is 33.8. The van der Waals surface area contributed by atoms with Crippen LogP contribution >= 0.6 is 0 Å². The molecule has 18 heavy (non-hydrogen) atoms. The van der Waals surface area contributed by atoms with Gasteiger partial charge in [-0.3, -0.25) is 0 Å². The molecule has 2 rings (SSSR count). The number of ether oxygens (including phenoxy) is 1. The van der Waals surface area contributed by atoms with Gasteiger partial charge in [0.15, 0.2) is 0 Å². The van der Waals surface area contributed by atoms with E-state index in [0.29, 0.717) is 6.04 Å². The second-order valence-electron chi connectivity index (χ2n) is 6.02. The lowest BCUT2D eigenvalue weighted by Crippen LogP contribution is -2.44. The summed E-state index contributed by atoms with van der Waals surface area (Å²) in [5.41, 5.74) is 0. The molecule has 1 aliphatic carbocycles. The Morgan fingerprint density at radius 3 is 2.72 bits per heavy atom. The SMILES string of the molecule is CCNC1CCCCCC1CN(C)C1CCOC1. The second-order valence-corrected chi connectivity index (χ2v) is 6.02. The average Bonchev–Trinajstić information content (AvgIpc) is 2.82. The Bertz CT molecular complexity index is 229. The molecule has 0 aromatic heterocycles. The highest BCUT2D eigenvalue weighted by Crippen LogP contribution is 2.25. The number of rotatable bonds is 5. The summed E-state index contributed by atoms with van der Waals surface area (Å²) in [6, 6.07) is 1.40. The minimum atomic E-state index is 0.663. The van der Waals surface area contributed by atoms with Crippen molar-refractivity contribution >= 4 is 0 Å². The number of likely N-dealkylation sites (N-methyl/N-ethyl adjacent to an activating group) is 1. The van der Waals surface area contributed by atoms with Crippen molar-refractivity contribution in [3.8, 4) is 0 Å². The lowest BCUT2D eigenvalue weighted by Gasteiger charge is -2.32. The Kier molecular flexibility index (Phi) is 5.93. The van der Waals surface area contributed by atoms with Gasteiger partial charge in [-0.15, -0.1) is 0 Å². The molecule has 0 aromatic rings. The van der Waals surface area contributed by atoms with E-state index >= 15 is 0 Å². The summed E-state index contributed by atoms with van der Waals surface area (Å²) in [5, 5.41) is 3.71. The van der Waals surface area contributed by atoms with E-state index in [2.05, 4.69) is 24.2 Å². The van der Waals surface area contributed by atoms with Crippen LogP contribution in [0.3, 0.4) is 0 Å². The first-order valence-electron chi connectivity index (χ1n) is 7.82. The summed E-state index contributed by atoms with van der Waals surface area (Å²) in [6.07, 6.45) is 8.23. The zero-order valence-electron chi connectivity index (χ0n) is 12.2. The van der Waals surface area contributed by atoms with Crippen molar-refractivity contribution in [2.24, 2.45) is 5.92 Å². The molecular weight excluding hydrogens is 224 g/mol. The molecule has 1 saturated heterocycles. The first-order valence-corrected chi connectivity index (χ1v) is 7.82. The molecule has 3 heteroatoms. The van der Waals surface area contributed by atoms with Gasteiger partial charge in [0.2, 0.25) is 0 Å². The van der Waals surface area contributed by atoms with Crippen LogP contribution in [-0.2, 0) is 4.74 Å². The summed E-state index contributed by atoms with van der Waals surface area (Å²) in [7, 11) is 2.28. The van der Waals surface area contributed by atoms with E-state index in [4.69, 9.17) is 4.74 Å². The van der Waals surface area contributed by atoms with Crippen molar-refractivity contribution in [1.82, 2.24) is 10.2 Å². The highest BCUT2D eigenvalue weighted by Gasteiger charge is 2.27. The van der Waals surface area contributed by atoms with Gasteiger partial charge >= 0.3 is 0 Å². The van der Waals surface area contributed by atoms with Gasteiger partial charge in [0.1, 0.15) is 0 Å². The van der Waals surface area contributed by atoms with Crippen LogP contribution in [0.25, 0.3) is 0 Å². The molecule has 3 unspecified atom stereocenters. The second kappa shape index (κ2) is 7.46. The third kappa shape index (κ3) is 3.94. The van der Waals surface area contributed by atoms with E-state index in [-0.39, 0.29) is 0 Å².